The SMILES string of the molecule is BrC1C=CC(Br)C2CC1C2. The van der Waals surface area contributed by atoms with Gasteiger partial charge in [-0.3, -0.25) is 0 Å². The Kier molecular flexibility index (Phi) is 1.94. The maximum atomic E-state index is 3.66. The zero-order valence-electron chi connectivity index (χ0n) is 5.63. The summed E-state index contributed by atoms with van der Waals surface area (Å²) in [5.41, 5.74) is 0. The van der Waals surface area contributed by atoms with Crippen LogP contribution in [0.1, 0.15) is 12.8 Å². The van der Waals surface area contributed by atoms with Crippen LogP contribution in [0.4, 0.5) is 0 Å². The van der Waals surface area contributed by atoms with E-state index in [0.29, 0.717) is 9.65 Å². The van der Waals surface area contributed by atoms with E-state index in [2.05, 4.69) is 44.0 Å². The Hall–Kier alpha value is 0.700. The van der Waals surface area contributed by atoms with Gasteiger partial charge in [0.2, 0.25) is 0 Å². The highest BCUT2D eigenvalue weighted by Crippen LogP contribution is 2.45. The van der Waals surface area contributed by atoms with E-state index in [1.807, 2.05) is 0 Å². The highest BCUT2D eigenvalue weighted by Gasteiger charge is 2.38. The van der Waals surface area contributed by atoms with Crippen LogP contribution in [0.5, 0.6) is 0 Å². The molecule has 2 unspecified atom stereocenters. The second-order valence-corrected chi connectivity index (χ2v) is 5.38. The van der Waals surface area contributed by atoms with Gasteiger partial charge in [0.1, 0.15) is 0 Å². The van der Waals surface area contributed by atoms with Crippen molar-refractivity contribution in [1.29, 1.82) is 0 Å². The molecule has 3 rings (SSSR count). The highest BCUT2D eigenvalue weighted by molar-refractivity contribution is 9.10. The predicted octanol–water partition coefficient (Wildman–Crippen LogP) is 3.11. The van der Waals surface area contributed by atoms with Crippen LogP contribution in [0.3, 0.4) is 0 Å². The minimum atomic E-state index is 0.645. The fourth-order valence-corrected chi connectivity index (χ4v) is 2.97. The molecular formula is C8H10Br2. The number of halogens is 2. The van der Waals surface area contributed by atoms with Gasteiger partial charge >= 0.3 is 0 Å². The van der Waals surface area contributed by atoms with Crippen LogP contribution in [-0.4, -0.2) is 9.65 Å². The molecule has 0 aromatic rings. The van der Waals surface area contributed by atoms with Crippen LogP contribution in [0, 0.1) is 11.8 Å². The number of rotatable bonds is 0. The molecule has 0 saturated heterocycles. The fourth-order valence-electron chi connectivity index (χ4n) is 1.76. The Morgan fingerprint density at radius 1 is 0.900 bits per heavy atom. The third-order valence-electron chi connectivity index (χ3n) is 2.59. The molecule has 1 saturated carbocycles. The van der Waals surface area contributed by atoms with Gasteiger partial charge in [-0.25, -0.2) is 0 Å². The number of hydrogen-bond acceptors (Lipinski definition) is 0. The minimum absolute atomic E-state index is 0.645. The van der Waals surface area contributed by atoms with Crippen molar-refractivity contribution in [2.45, 2.75) is 22.5 Å². The van der Waals surface area contributed by atoms with E-state index in [4.69, 9.17) is 0 Å². The first-order valence-corrected chi connectivity index (χ1v) is 5.57. The van der Waals surface area contributed by atoms with Gasteiger partial charge in [-0.1, -0.05) is 44.0 Å². The number of fused-ring (bicyclic) bond motifs is 2. The molecule has 0 amide bonds. The quantitative estimate of drug-likeness (QED) is 0.466. The van der Waals surface area contributed by atoms with Gasteiger partial charge in [0, 0.05) is 9.65 Å². The Labute approximate surface area is 78.3 Å². The minimum Gasteiger partial charge on any atom is -0.0842 e. The van der Waals surface area contributed by atoms with Gasteiger partial charge in [0.25, 0.3) is 0 Å². The number of allylic oxidation sites excluding steroid dienone is 2. The summed E-state index contributed by atoms with van der Waals surface area (Å²) < 4.78 is 0. The van der Waals surface area contributed by atoms with Crippen molar-refractivity contribution in [1.82, 2.24) is 0 Å². The maximum Gasteiger partial charge on any atom is 0.0354 e. The maximum absolute atomic E-state index is 3.66. The summed E-state index contributed by atoms with van der Waals surface area (Å²) in [5.74, 6) is 1.84. The molecule has 0 nitrogen and oxygen atoms in total. The second kappa shape index (κ2) is 2.63. The molecule has 0 N–H and O–H groups in total. The first-order chi connectivity index (χ1) is 4.77. The zero-order valence-corrected chi connectivity index (χ0v) is 8.81. The van der Waals surface area contributed by atoms with E-state index in [9.17, 15) is 0 Å². The second-order valence-electron chi connectivity index (χ2n) is 3.27. The standard InChI is InChI=1S/C8H10Br2/c9-7-1-2-8(10)6-3-5(7)4-6/h1-2,5-8H,3-4H2. The van der Waals surface area contributed by atoms with E-state index in [1.54, 1.807) is 0 Å². The first kappa shape index (κ1) is 7.35. The van der Waals surface area contributed by atoms with Crippen molar-refractivity contribution in [3.05, 3.63) is 12.2 Å². The molecule has 10 heavy (non-hydrogen) atoms. The average molecular weight is 266 g/mol. The Bertz CT molecular complexity index is 143. The summed E-state index contributed by atoms with van der Waals surface area (Å²) >= 11 is 7.32. The molecule has 3 aliphatic carbocycles. The zero-order chi connectivity index (χ0) is 7.14. The Morgan fingerprint density at radius 2 is 1.30 bits per heavy atom. The van der Waals surface area contributed by atoms with Crippen LogP contribution in [-0.2, 0) is 0 Å². The lowest BCUT2D eigenvalue weighted by Gasteiger charge is -2.36. The van der Waals surface area contributed by atoms with Crippen LogP contribution in [0.15, 0.2) is 12.2 Å². The molecule has 0 aromatic heterocycles. The normalized spacial score (nSPS) is 51.8. The molecule has 56 valence electrons. The first-order valence-electron chi connectivity index (χ1n) is 3.74. The summed E-state index contributed by atoms with van der Waals surface area (Å²) in [6.07, 6.45) is 7.38. The molecule has 2 atom stereocenters. The summed E-state index contributed by atoms with van der Waals surface area (Å²) in [7, 11) is 0. The summed E-state index contributed by atoms with van der Waals surface area (Å²) in [5, 5.41) is 0. The van der Waals surface area contributed by atoms with Crippen LogP contribution in [0.25, 0.3) is 0 Å². The third kappa shape index (κ3) is 1.10. The topological polar surface area (TPSA) is 0 Å². The highest BCUT2D eigenvalue weighted by atomic mass is 79.9. The lowest BCUT2D eigenvalue weighted by Crippen LogP contribution is -2.31. The fraction of sp³-hybridized carbons (Fsp3) is 0.750. The van der Waals surface area contributed by atoms with Crippen molar-refractivity contribution >= 4 is 31.9 Å². The van der Waals surface area contributed by atoms with Gasteiger partial charge in [-0.2, -0.15) is 0 Å². The van der Waals surface area contributed by atoms with Crippen LogP contribution in [0.2, 0.25) is 0 Å². The summed E-state index contributed by atoms with van der Waals surface area (Å²) in [6.45, 7) is 0. The lowest BCUT2D eigenvalue weighted by atomic mass is 9.74. The Balaban J connectivity index is 2.13. The van der Waals surface area contributed by atoms with E-state index in [-0.39, 0.29) is 0 Å². The molecule has 2 heteroatoms. The molecule has 0 heterocycles. The van der Waals surface area contributed by atoms with Crippen molar-refractivity contribution < 1.29 is 0 Å². The summed E-state index contributed by atoms with van der Waals surface area (Å²) in [6, 6.07) is 0. The van der Waals surface area contributed by atoms with E-state index >= 15 is 0 Å². The largest absolute Gasteiger partial charge is 0.0842 e. The molecule has 0 aromatic carbocycles. The molecule has 1 fully saturated rings. The van der Waals surface area contributed by atoms with Gasteiger partial charge < -0.3 is 0 Å². The van der Waals surface area contributed by atoms with Crippen LogP contribution < -0.4 is 0 Å². The van der Waals surface area contributed by atoms with Gasteiger partial charge in [0.15, 0.2) is 0 Å². The smallest absolute Gasteiger partial charge is 0.0354 e. The predicted molar refractivity (Wildman–Crippen MR) is 50.8 cm³/mol. The molecule has 0 spiro atoms. The number of hydrogen-bond donors (Lipinski definition) is 0. The summed E-state index contributed by atoms with van der Waals surface area (Å²) in [4.78, 5) is 1.29. The van der Waals surface area contributed by atoms with Crippen LogP contribution >= 0.6 is 31.9 Å². The monoisotopic (exact) mass is 264 g/mol. The Morgan fingerprint density at radius 3 is 1.70 bits per heavy atom. The van der Waals surface area contributed by atoms with Gasteiger partial charge in [0.05, 0.1) is 0 Å². The molecule has 3 aliphatic rings. The van der Waals surface area contributed by atoms with E-state index < -0.39 is 0 Å². The van der Waals surface area contributed by atoms with Crippen molar-refractivity contribution in [3.63, 3.8) is 0 Å². The molecule has 0 aliphatic heterocycles. The average Bonchev–Trinajstić information content (AvgIpc) is 1.95. The van der Waals surface area contributed by atoms with Crippen molar-refractivity contribution in [2.75, 3.05) is 0 Å². The van der Waals surface area contributed by atoms with Crippen molar-refractivity contribution in [3.8, 4) is 0 Å². The molecular weight excluding hydrogens is 256 g/mol. The van der Waals surface area contributed by atoms with Gasteiger partial charge in [-0.05, 0) is 24.7 Å². The van der Waals surface area contributed by atoms with Gasteiger partial charge in [-0.15, -0.1) is 0 Å². The molecule has 0 radical (unpaired) electrons. The van der Waals surface area contributed by atoms with Crippen molar-refractivity contribution in [2.24, 2.45) is 11.8 Å². The van der Waals surface area contributed by atoms with E-state index in [0.717, 1.165) is 11.8 Å². The molecule has 2 bridgehead atoms. The van der Waals surface area contributed by atoms with E-state index in [1.165, 1.54) is 12.8 Å². The lowest BCUT2D eigenvalue weighted by molar-refractivity contribution is 0.219. The number of alkyl halides is 2. The third-order valence-corrected chi connectivity index (χ3v) is 4.70.